The molecule has 2 heterocycles. The number of hydrogen-bond donors (Lipinski definition) is 1. The van der Waals surface area contributed by atoms with Crippen LogP contribution in [0.1, 0.15) is 155 Å². The summed E-state index contributed by atoms with van der Waals surface area (Å²) in [5.41, 5.74) is -3.18. The largest absolute Gasteiger partial charge is 0.461 e. The number of rotatable bonds is 9. The monoisotopic (exact) mass is 687 g/mol. The molecular formula is C42H74N2O5. The maximum atomic E-state index is 14.9. The first-order chi connectivity index (χ1) is 21.9. The Kier molecular flexibility index (Phi) is 11.7. The number of ether oxygens (including phenoxy) is 2. The summed E-state index contributed by atoms with van der Waals surface area (Å²) in [7, 11) is 4.27. The van der Waals surface area contributed by atoms with Gasteiger partial charge < -0.3 is 14.6 Å². The van der Waals surface area contributed by atoms with Gasteiger partial charge in [-0.3, -0.25) is 19.4 Å². The van der Waals surface area contributed by atoms with Crippen molar-refractivity contribution in [2.75, 3.05) is 14.1 Å². The summed E-state index contributed by atoms with van der Waals surface area (Å²) in [5.74, 6) is -1.18. The molecule has 49 heavy (non-hydrogen) atoms. The lowest BCUT2D eigenvalue weighted by atomic mass is 9.58. The molecule has 0 aromatic rings. The van der Waals surface area contributed by atoms with Gasteiger partial charge in [0, 0.05) is 53.8 Å². The number of aliphatic hydroxyl groups is 1. The summed E-state index contributed by atoms with van der Waals surface area (Å²) in [6, 6.07) is 0. The summed E-state index contributed by atoms with van der Waals surface area (Å²) >= 11 is 0. The second-order valence-corrected chi connectivity index (χ2v) is 20.6. The molecule has 0 bridgehead atoms. The summed E-state index contributed by atoms with van der Waals surface area (Å²) in [4.78, 5) is 34.6. The maximum Gasteiger partial charge on any atom is 0.324 e. The Morgan fingerprint density at radius 3 is 1.49 bits per heavy atom. The second-order valence-electron chi connectivity index (χ2n) is 20.6. The predicted molar refractivity (Wildman–Crippen MR) is 201 cm³/mol. The Morgan fingerprint density at radius 2 is 1.16 bits per heavy atom. The fourth-order valence-electron chi connectivity index (χ4n) is 9.08. The number of likely N-dealkylation sites (tertiary alicyclic amines) is 2. The van der Waals surface area contributed by atoms with E-state index >= 15 is 0 Å². The normalized spacial score (nSPS) is 28.2. The van der Waals surface area contributed by atoms with Crippen LogP contribution in [-0.4, -0.2) is 80.9 Å². The van der Waals surface area contributed by atoms with Crippen LogP contribution in [0.15, 0.2) is 23.8 Å². The van der Waals surface area contributed by atoms with Gasteiger partial charge in [0.15, 0.2) is 5.41 Å². The third-order valence-corrected chi connectivity index (χ3v) is 12.9. The lowest BCUT2D eigenvalue weighted by Crippen LogP contribution is -2.61. The molecule has 7 nitrogen and oxygen atoms in total. The molecule has 0 saturated carbocycles. The minimum absolute atomic E-state index is 0.173. The molecule has 2 aliphatic heterocycles. The van der Waals surface area contributed by atoms with E-state index in [-0.39, 0.29) is 52.1 Å². The van der Waals surface area contributed by atoms with E-state index in [1.165, 1.54) is 0 Å². The first-order valence-electron chi connectivity index (χ1n) is 19.0. The van der Waals surface area contributed by atoms with Crippen molar-refractivity contribution >= 4 is 11.9 Å². The smallest absolute Gasteiger partial charge is 0.324 e. The molecule has 3 rings (SSSR count). The molecule has 2 saturated heterocycles. The van der Waals surface area contributed by atoms with Crippen LogP contribution < -0.4 is 0 Å². The first kappa shape index (κ1) is 41.7. The molecule has 1 N–H and O–H groups in total. The van der Waals surface area contributed by atoms with Crippen molar-refractivity contribution in [1.82, 2.24) is 9.80 Å². The van der Waals surface area contributed by atoms with Crippen LogP contribution in [0.25, 0.3) is 0 Å². The number of unbranched alkanes of at least 4 members (excludes halogenated alkanes) is 1. The van der Waals surface area contributed by atoms with E-state index in [1.807, 2.05) is 12.2 Å². The Bertz CT molecular complexity index is 1180. The standard InChI is InChI=1S/C42H74N2O5/c1-18-19-21-41(33(45)48-30-25-37(8,9)43(16)38(10,11)26-30,34(46)49-31-27-39(12,13)44(17)40(14,15)28-31)24-29-20-22-42(47,36(5,6)7)32(23-29)35(2,3)4/h20,22-23,30-32,47H,18-19,21,24-28H2,1-17H3. The van der Waals surface area contributed by atoms with Crippen LogP contribution in [-0.2, 0) is 19.1 Å². The SMILES string of the molecule is CCCCC(CC1=CC(C(C)(C)C)C(O)(C(C)(C)C)C=C1)(C(=O)OC1CC(C)(C)N(C)C(C)(C)C1)C(=O)OC1CC(C)(C)N(C)C(C)(C)C1. The van der Waals surface area contributed by atoms with Crippen LogP contribution in [0.5, 0.6) is 0 Å². The average molecular weight is 687 g/mol. The van der Waals surface area contributed by atoms with Crippen LogP contribution >= 0.6 is 0 Å². The maximum absolute atomic E-state index is 14.9. The lowest BCUT2D eigenvalue weighted by molar-refractivity contribution is -0.188. The second kappa shape index (κ2) is 13.7. The quantitative estimate of drug-likeness (QED) is 0.192. The van der Waals surface area contributed by atoms with Gasteiger partial charge in [0.1, 0.15) is 12.2 Å². The molecule has 0 radical (unpaired) electrons. The molecule has 1 aliphatic carbocycles. The van der Waals surface area contributed by atoms with Crippen molar-refractivity contribution in [2.24, 2.45) is 22.2 Å². The Morgan fingerprint density at radius 1 is 0.776 bits per heavy atom. The topological polar surface area (TPSA) is 79.3 Å². The fraction of sp³-hybridized carbons (Fsp3) is 0.857. The Labute approximate surface area is 300 Å². The number of allylic oxidation sites excluding steroid dienone is 2. The fourth-order valence-corrected chi connectivity index (χ4v) is 9.08. The van der Waals surface area contributed by atoms with Gasteiger partial charge in [-0.05, 0) is 93.2 Å². The number of hydrogen-bond acceptors (Lipinski definition) is 7. The highest BCUT2D eigenvalue weighted by molar-refractivity contribution is 6.00. The van der Waals surface area contributed by atoms with E-state index in [2.05, 4.69) is 134 Å². The van der Waals surface area contributed by atoms with Crippen molar-refractivity contribution in [3.8, 4) is 0 Å². The van der Waals surface area contributed by atoms with Gasteiger partial charge in [-0.1, -0.05) is 85.1 Å². The van der Waals surface area contributed by atoms with Crippen molar-refractivity contribution in [3.63, 3.8) is 0 Å². The van der Waals surface area contributed by atoms with Crippen molar-refractivity contribution in [3.05, 3.63) is 23.8 Å². The van der Waals surface area contributed by atoms with E-state index in [1.54, 1.807) is 0 Å². The number of carbonyl (C=O) groups excluding carboxylic acids is 2. The Hall–Kier alpha value is -1.70. The third kappa shape index (κ3) is 8.52. The predicted octanol–water partition coefficient (Wildman–Crippen LogP) is 8.88. The van der Waals surface area contributed by atoms with Gasteiger partial charge in [0.05, 0.1) is 5.60 Å². The Balaban J connectivity index is 2.13. The summed E-state index contributed by atoms with van der Waals surface area (Å²) in [6.07, 6.45) is 10.1. The number of esters is 2. The highest BCUT2D eigenvalue weighted by atomic mass is 16.6. The van der Waals surface area contributed by atoms with E-state index in [9.17, 15) is 14.7 Å². The molecular weight excluding hydrogens is 612 g/mol. The van der Waals surface area contributed by atoms with Crippen molar-refractivity contribution < 1.29 is 24.2 Å². The summed E-state index contributed by atoms with van der Waals surface area (Å²) in [5, 5.41) is 12.1. The van der Waals surface area contributed by atoms with Crippen molar-refractivity contribution in [1.29, 1.82) is 0 Å². The van der Waals surface area contributed by atoms with E-state index in [0.29, 0.717) is 38.5 Å². The minimum Gasteiger partial charge on any atom is -0.461 e. The third-order valence-electron chi connectivity index (χ3n) is 12.9. The number of carbonyl (C=O) groups is 2. The van der Waals surface area contributed by atoms with Gasteiger partial charge in [-0.25, -0.2) is 0 Å². The molecule has 2 atom stereocenters. The molecule has 0 spiro atoms. The van der Waals surface area contributed by atoms with Gasteiger partial charge in [0.25, 0.3) is 0 Å². The molecule has 282 valence electrons. The molecule has 0 amide bonds. The zero-order valence-corrected chi connectivity index (χ0v) is 34.6. The molecule has 3 aliphatic rings. The van der Waals surface area contributed by atoms with Crippen LogP contribution in [0.3, 0.4) is 0 Å². The molecule has 0 aromatic heterocycles. The van der Waals surface area contributed by atoms with Crippen molar-refractivity contribution in [2.45, 2.75) is 195 Å². The average Bonchev–Trinajstić information content (AvgIpc) is 2.91. The number of nitrogens with zero attached hydrogens (tertiary/aromatic N) is 2. The lowest BCUT2D eigenvalue weighted by Gasteiger charge is -2.53. The number of piperidine rings is 2. The van der Waals surface area contributed by atoms with Crippen LogP contribution in [0.2, 0.25) is 0 Å². The van der Waals surface area contributed by atoms with E-state index < -0.39 is 28.4 Å². The molecule has 2 unspecified atom stereocenters. The zero-order valence-electron chi connectivity index (χ0n) is 34.6. The first-order valence-corrected chi connectivity index (χ1v) is 19.0. The summed E-state index contributed by atoms with van der Waals surface area (Å²) in [6.45, 7) is 32.2. The highest BCUT2D eigenvalue weighted by Gasteiger charge is 2.55. The van der Waals surface area contributed by atoms with Gasteiger partial charge in [-0.2, -0.15) is 0 Å². The van der Waals surface area contributed by atoms with Gasteiger partial charge >= 0.3 is 11.9 Å². The van der Waals surface area contributed by atoms with Crippen LogP contribution in [0.4, 0.5) is 0 Å². The molecule has 7 heteroatoms. The molecule has 0 aromatic carbocycles. The zero-order chi connectivity index (χ0) is 37.8. The minimum atomic E-state index is -1.51. The van der Waals surface area contributed by atoms with E-state index in [0.717, 1.165) is 12.0 Å². The summed E-state index contributed by atoms with van der Waals surface area (Å²) < 4.78 is 13.1. The highest BCUT2D eigenvalue weighted by Crippen LogP contribution is 2.51. The van der Waals surface area contributed by atoms with Gasteiger partial charge in [-0.15, -0.1) is 0 Å². The molecule has 2 fully saturated rings. The van der Waals surface area contributed by atoms with E-state index in [4.69, 9.17) is 9.47 Å². The van der Waals surface area contributed by atoms with Crippen LogP contribution in [0, 0.1) is 22.2 Å². The van der Waals surface area contributed by atoms with Gasteiger partial charge in [0.2, 0.25) is 0 Å².